The van der Waals surface area contributed by atoms with Crippen molar-refractivity contribution < 1.29 is 26.8 Å². The van der Waals surface area contributed by atoms with E-state index in [-0.39, 0.29) is 23.7 Å². The first-order valence-electron chi connectivity index (χ1n) is 16.5. The smallest absolute Gasteiger partial charge is 0.296 e. The van der Waals surface area contributed by atoms with Crippen molar-refractivity contribution in [2.75, 3.05) is 26.4 Å². The Labute approximate surface area is 277 Å². The molecule has 0 aliphatic heterocycles. The van der Waals surface area contributed by atoms with E-state index < -0.39 is 10.1 Å². The van der Waals surface area contributed by atoms with Crippen LogP contribution in [0.2, 0.25) is 0 Å². The number of benzene rings is 2. The molecule has 3 aromatic heterocycles. The topological polar surface area (TPSA) is 102 Å². The Morgan fingerprint density at radius 1 is 0.766 bits per heavy atom. The van der Waals surface area contributed by atoms with Crippen LogP contribution < -0.4 is 4.74 Å². The standard InChI is InChI=1S/C37H43N3O6S/c1-27-8-12-32(13-9-27)47(41,42)45-21-5-3-4-18-43-19-6-7-20-44-30-23-31(24-30)46-37-15-11-29(25-39-37)28-10-14-33-34-26-38-17-16-35(34)40(2)36(33)22-28/h8-17,22,25-26,30-31H,3-7,18-21,23-24H2,1-2H3/t30-,31-. The van der Waals surface area contributed by atoms with Crippen LogP contribution in [0, 0.1) is 6.92 Å². The first kappa shape index (κ1) is 33.1. The van der Waals surface area contributed by atoms with E-state index in [9.17, 15) is 8.42 Å². The summed E-state index contributed by atoms with van der Waals surface area (Å²) in [5, 5.41) is 2.36. The highest BCUT2D eigenvalue weighted by molar-refractivity contribution is 7.86. The van der Waals surface area contributed by atoms with Gasteiger partial charge in [0.05, 0.1) is 23.1 Å². The predicted octanol–water partition coefficient (Wildman–Crippen LogP) is 7.40. The molecular weight excluding hydrogens is 614 g/mol. The number of hydrogen-bond donors (Lipinski definition) is 0. The van der Waals surface area contributed by atoms with Crippen LogP contribution in [0.4, 0.5) is 0 Å². The maximum Gasteiger partial charge on any atom is 0.296 e. The maximum atomic E-state index is 12.2. The molecule has 2 aromatic carbocycles. The van der Waals surface area contributed by atoms with Gasteiger partial charge >= 0.3 is 0 Å². The molecule has 9 nitrogen and oxygen atoms in total. The van der Waals surface area contributed by atoms with Gasteiger partial charge in [0.15, 0.2) is 0 Å². The van der Waals surface area contributed by atoms with Gasteiger partial charge in [-0.2, -0.15) is 8.42 Å². The molecule has 3 heterocycles. The lowest BCUT2D eigenvalue weighted by Gasteiger charge is -2.34. The lowest BCUT2D eigenvalue weighted by molar-refractivity contribution is -0.0636. The Balaban J connectivity index is 0.797. The second-order valence-electron chi connectivity index (χ2n) is 12.2. The molecule has 1 saturated carbocycles. The van der Waals surface area contributed by atoms with Gasteiger partial charge in [-0.15, -0.1) is 0 Å². The molecule has 1 aliphatic carbocycles. The lowest BCUT2D eigenvalue weighted by atomic mass is 9.92. The molecule has 1 fully saturated rings. The van der Waals surface area contributed by atoms with Crippen LogP contribution >= 0.6 is 0 Å². The zero-order valence-electron chi connectivity index (χ0n) is 27.1. The molecule has 0 unspecified atom stereocenters. The fourth-order valence-electron chi connectivity index (χ4n) is 5.86. The summed E-state index contributed by atoms with van der Waals surface area (Å²) < 4.78 is 49.6. The van der Waals surface area contributed by atoms with Crippen molar-refractivity contribution in [1.29, 1.82) is 0 Å². The van der Waals surface area contributed by atoms with Crippen molar-refractivity contribution in [3.8, 4) is 17.0 Å². The van der Waals surface area contributed by atoms with Crippen LogP contribution in [0.5, 0.6) is 5.88 Å². The second kappa shape index (κ2) is 15.4. The van der Waals surface area contributed by atoms with Gasteiger partial charge in [0, 0.05) is 86.2 Å². The zero-order chi connectivity index (χ0) is 32.6. The van der Waals surface area contributed by atoms with Crippen molar-refractivity contribution >= 4 is 31.9 Å². The van der Waals surface area contributed by atoms with Gasteiger partial charge in [-0.3, -0.25) is 9.17 Å². The first-order chi connectivity index (χ1) is 22.9. The molecule has 0 atom stereocenters. The van der Waals surface area contributed by atoms with Crippen LogP contribution in [0.3, 0.4) is 0 Å². The van der Waals surface area contributed by atoms with Crippen molar-refractivity contribution in [3.05, 3.63) is 84.8 Å². The number of unbranched alkanes of at least 4 members (excludes halogenated alkanes) is 3. The maximum absolute atomic E-state index is 12.2. The van der Waals surface area contributed by atoms with Crippen LogP contribution in [-0.2, 0) is 30.8 Å². The van der Waals surface area contributed by atoms with Crippen LogP contribution in [0.25, 0.3) is 32.9 Å². The summed E-state index contributed by atoms with van der Waals surface area (Å²) >= 11 is 0. The fourth-order valence-corrected chi connectivity index (χ4v) is 6.80. The number of nitrogens with zero attached hydrogens (tertiary/aromatic N) is 3. The number of fused-ring (bicyclic) bond motifs is 3. The first-order valence-corrected chi connectivity index (χ1v) is 17.9. The molecule has 1 aliphatic rings. The molecule has 6 rings (SSSR count). The Bertz CT molecular complexity index is 1870. The summed E-state index contributed by atoms with van der Waals surface area (Å²) in [4.78, 5) is 9.07. The van der Waals surface area contributed by atoms with Crippen LogP contribution in [0.1, 0.15) is 50.5 Å². The van der Waals surface area contributed by atoms with Crippen molar-refractivity contribution in [2.45, 2.75) is 69.0 Å². The molecule has 0 amide bonds. The van der Waals surface area contributed by atoms with E-state index in [0.717, 1.165) is 67.2 Å². The number of rotatable bonds is 17. The van der Waals surface area contributed by atoms with E-state index in [2.05, 4.69) is 45.8 Å². The van der Waals surface area contributed by atoms with Gasteiger partial charge < -0.3 is 18.8 Å². The van der Waals surface area contributed by atoms with Crippen molar-refractivity contribution in [2.24, 2.45) is 7.05 Å². The highest BCUT2D eigenvalue weighted by atomic mass is 32.2. The minimum Gasteiger partial charge on any atom is -0.474 e. The molecule has 10 heteroatoms. The Kier molecular flexibility index (Phi) is 10.8. The van der Waals surface area contributed by atoms with Gasteiger partial charge in [0.1, 0.15) is 6.10 Å². The Hall–Kier alpha value is -3.83. The predicted molar refractivity (Wildman–Crippen MR) is 183 cm³/mol. The van der Waals surface area contributed by atoms with Crippen LogP contribution in [0.15, 0.2) is 84.1 Å². The highest BCUT2D eigenvalue weighted by Gasteiger charge is 2.31. The number of aryl methyl sites for hydroxylation is 2. The SMILES string of the molecule is Cc1ccc(S(=O)(=O)OCCCCCOCCCCO[C@H]2C[C@H](Oc3ccc(-c4ccc5c6cnccc6n(C)c5c4)cn3)C2)cc1. The number of ether oxygens (including phenoxy) is 3. The molecular formula is C37H43N3O6S. The van der Waals surface area contributed by atoms with E-state index in [1.54, 1.807) is 24.3 Å². The quantitative estimate of drug-likeness (QED) is 0.0754. The summed E-state index contributed by atoms with van der Waals surface area (Å²) in [5.74, 6) is 0.644. The molecule has 0 saturated heterocycles. The summed E-state index contributed by atoms with van der Waals surface area (Å²) in [6, 6.07) is 19.3. The Morgan fingerprint density at radius 2 is 1.51 bits per heavy atom. The van der Waals surface area contributed by atoms with Gasteiger partial charge in [0.2, 0.25) is 5.88 Å². The molecule has 248 valence electrons. The van der Waals surface area contributed by atoms with E-state index in [0.29, 0.717) is 25.5 Å². The van der Waals surface area contributed by atoms with E-state index in [4.69, 9.17) is 18.4 Å². The molecule has 0 radical (unpaired) electrons. The van der Waals surface area contributed by atoms with E-state index >= 15 is 0 Å². The summed E-state index contributed by atoms with van der Waals surface area (Å²) in [6.45, 7) is 4.19. The van der Waals surface area contributed by atoms with Gasteiger partial charge in [-0.05, 0) is 74.9 Å². The van der Waals surface area contributed by atoms with Gasteiger partial charge in [0.25, 0.3) is 10.1 Å². The minimum atomic E-state index is -3.68. The van der Waals surface area contributed by atoms with E-state index in [1.807, 2.05) is 37.6 Å². The fraction of sp³-hybridized carbons (Fsp3) is 0.405. The van der Waals surface area contributed by atoms with Gasteiger partial charge in [-0.25, -0.2) is 4.98 Å². The third-order valence-corrected chi connectivity index (χ3v) is 10.1. The largest absolute Gasteiger partial charge is 0.474 e. The summed E-state index contributed by atoms with van der Waals surface area (Å²) in [5.41, 5.74) is 5.52. The van der Waals surface area contributed by atoms with Crippen molar-refractivity contribution in [3.63, 3.8) is 0 Å². The molecule has 47 heavy (non-hydrogen) atoms. The molecule has 5 aromatic rings. The van der Waals surface area contributed by atoms with E-state index in [1.165, 1.54) is 16.4 Å². The third-order valence-electron chi connectivity index (χ3n) is 8.74. The van der Waals surface area contributed by atoms with Crippen LogP contribution in [-0.4, -0.2) is 61.6 Å². The van der Waals surface area contributed by atoms with Crippen molar-refractivity contribution in [1.82, 2.24) is 14.5 Å². The second-order valence-corrected chi connectivity index (χ2v) is 13.9. The monoisotopic (exact) mass is 657 g/mol. The Morgan fingerprint density at radius 3 is 2.30 bits per heavy atom. The average molecular weight is 658 g/mol. The summed E-state index contributed by atoms with van der Waals surface area (Å²) in [6.07, 6.45) is 12.1. The third kappa shape index (κ3) is 8.37. The molecule has 0 bridgehead atoms. The zero-order valence-corrected chi connectivity index (χ0v) is 28.0. The normalized spacial score (nSPS) is 16.5. The van der Waals surface area contributed by atoms with Gasteiger partial charge in [-0.1, -0.05) is 29.8 Å². The summed E-state index contributed by atoms with van der Waals surface area (Å²) in [7, 11) is -1.60. The average Bonchev–Trinajstić information content (AvgIpc) is 3.35. The highest BCUT2D eigenvalue weighted by Crippen LogP contribution is 2.32. The number of hydrogen-bond acceptors (Lipinski definition) is 8. The minimum absolute atomic E-state index is 0.135. The number of pyridine rings is 2. The lowest BCUT2D eigenvalue weighted by Crippen LogP contribution is -2.39. The molecule has 0 N–H and O–H groups in total. The number of aromatic nitrogens is 3. The molecule has 0 spiro atoms.